The van der Waals surface area contributed by atoms with Gasteiger partial charge in [0.25, 0.3) is 0 Å². The van der Waals surface area contributed by atoms with Gasteiger partial charge in [-0.3, -0.25) is 0 Å². The Balaban J connectivity index is 1.93. The van der Waals surface area contributed by atoms with Gasteiger partial charge in [0, 0.05) is 5.56 Å². The number of benzene rings is 2. The highest BCUT2D eigenvalue weighted by Crippen LogP contribution is 2.18. The number of alkyl halides is 2. The van der Waals surface area contributed by atoms with Crippen LogP contribution in [0.4, 0.5) is 8.78 Å². The van der Waals surface area contributed by atoms with E-state index in [9.17, 15) is 8.78 Å². The molecule has 112 valence electrons. The molecular weight excluding hydrogens is 290 g/mol. The molecule has 0 bridgehead atoms. The molecule has 6 heteroatoms. The summed E-state index contributed by atoms with van der Waals surface area (Å²) in [7, 11) is 0. The quantitative estimate of drug-likeness (QED) is 0.604. The van der Waals surface area contributed by atoms with Crippen molar-refractivity contribution in [2.24, 2.45) is 5.16 Å². The van der Waals surface area contributed by atoms with E-state index >= 15 is 0 Å². The van der Waals surface area contributed by atoms with Gasteiger partial charge in [-0.2, -0.15) is 14.0 Å². The summed E-state index contributed by atoms with van der Waals surface area (Å²) in [5.74, 6) is 0.0308. The molecule has 0 heterocycles. The molecule has 0 aliphatic carbocycles. The molecule has 0 aliphatic heterocycles. The fourth-order valence-corrected chi connectivity index (χ4v) is 1.67. The van der Waals surface area contributed by atoms with E-state index < -0.39 is 6.61 Å². The van der Waals surface area contributed by atoms with E-state index in [-0.39, 0.29) is 12.4 Å². The largest absolute Gasteiger partial charge is 0.434 e. The first-order valence-corrected chi connectivity index (χ1v) is 6.37. The number of oxime groups is 1. The van der Waals surface area contributed by atoms with Crippen LogP contribution in [0.5, 0.6) is 5.75 Å². The molecule has 2 rings (SSSR count). The van der Waals surface area contributed by atoms with Crippen LogP contribution in [0.25, 0.3) is 0 Å². The Morgan fingerprint density at radius 2 is 1.86 bits per heavy atom. The summed E-state index contributed by atoms with van der Waals surface area (Å²) in [4.78, 5) is 5.10. The van der Waals surface area contributed by atoms with Gasteiger partial charge in [-0.05, 0) is 29.8 Å². The molecule has 2 aromatic carbocycles. The van der Waals surface area contributed by atoms with Crippen molar-refractivity contribution in [1.29, 1.82) is 5.26 Å². The SMILES string of the molecule is N#Cc1ccc(CO/N=C\c2ccccc2OC(F)F)cc1. The number of nitrogens with zero attached hydrogens (tertiary/aromatic N) is 2. The zero-order valence-electron chi connectivity index (χ0n) is 11.4. The van der Waals surface area contributed by atoms with Crippen LogP contribution < -0.4 is 4.74 Å². The number of rotatable bonds is 6. The Morgan fingerprint density at radius 3 is 2.55 bits per heavy atom. The minimum absolute atomic E-state index is 0.0308. The second-order valence-corrected chi connectivity index (χ2v) is 4.23. The molecule has 4 nitrogen and oxygen atoms in total. The molecular formula is C16H12F2N2O2. The summed E-state index contributed by atoms with van der Waals surface area (Å²) in [6, 6.07) is 15.2. The zero-order chi connectivity index (χ0) is 15.8. The average molecular weight is 302 g/mol. The van der Waals surface area contributed by atoms with Gasteiger partial charge in [0.15, 0.2) is 0 Å². The Labute approximate surface area is 126 Å². The van der Waals surface area contributed by atoms with E-state index in [0.29, 0.717) is 11.1 Å². The number of ether oxygens (including phenoxy) is 1. The van der Waals surface area contributed by atoms with Gasteiger partial charge < -0.3 is 9.57 Å². The van der Waals surface area contributed by atoms with Crippen molar-refractivity contribution >= 4 is 6.21 Å². The lowest BCUT2D eigenvalue weighted by atomic mass is 10.2. The highest BCUT2D eigenvalue weighted by molar-refractivity contribution is 5.83. The summed E-state index contributed by atoms with van der Waals surface area (Å²) >= 11 is 0. The van der Waals surface area contributed by atoms with Crippen LogP contribution in [0.1, 0.15) is 16.7 Å². The Hall–Kier alpha value is -2.94. The predicted octanol–water partition coefficient (Wildman–Crippen LogP) is 3.71. The molecule has 0 fully saturated rings. The molecule has 22 heavy (non-hydrogen) atoms. The lowest BCUT2D eigenvalue weighted by Crippen LogP contribution is -2.04. The third kappa shape index (κ3) is 4.56. The van der Waals surface area contributed by atoms with Crippen molar-refractivity contribution in [3.63, 3.8) is 0 Å². The van der Waals surface area contributed by atoms with Crippen LogP contribution in [0.3, 0.4) is 0 Å². The highest BCUT2D eigenvalue weighted by atomic mass is 19.3. The van der Waals surface area contributed by atoms with Crippen molar-refractivity contribution in [2.45, 2.75) is 13.2 Å². The van der Waals surface area contributed by atoms with Gasteiger partial charge in [0.1, 0.15) is 12.4 Å². The fraction of sp³-hybridized carbons (Fsp3) is 0.125. The molecule has 2 aromatic rings. The van der Waals surface area contributed by atoms with Gasteiger partial charge in [0.05, 0.1) is 17.8 Å². The Bertz CT molecular complexity index is 679. The maximum atomic E-state index is 12.3. The van der Waals surface area contributed by atoms with E-state index in [4.69, 9.17) is 10.1 Å². The number of hydrogen-bond acceptors (Lipinski definition) is 4. The summed E-state index contributed by atoms with van der Waals surface area (Å²) < 4.78 is 28.9. The van der Waals surface area contributed by atoms with Crippen LogP contribution in [-0.4, -0.2) is 12.8 Å². The Morgan fingerprint density at radius 1 is 1.14 bits per heavy atom. The lowest BCUT2D eigenvalue weighted by molar-refractivity contribution is -0.0499. The predicted molar refractivity (Wildman–Crippen MR) is 76.6 cm³/mol. The van der Waals surface area contributed by atoms with Gasteiger partial charge in [0.2, 0.25) is 0 Å². The molecule has 0 amide bonds. The van der Waals surface area contributed by atoms with Gasteiger partial charge in [-0.15, -0.1) is 0 Å². The fourth-order valence-electron chi connectivity index (χ4n) is 1.67. The van der Waals surface area contributed by atoms with Crippen molar-refractivity contribution in [2.75, 3.05) is 0 Å². The third-order valence-corrected chi connectivity index (χ3v) is 2.72. The zero-order valence-corrected chi connectivity index (χ0v) is 11.4. The van der Waals surface area contributed by atoms with Gasteiger partial charge in [-0.25, -0.2) is 0 Å². The monoisotopic (exact) mass is 302 g/mol. The van der Waals surface area contributed by atoms with E-state index in [1.54, 1.807) is 42.5 Å². The topological polar surface area (TPSA) is 54.6 Å². The lowest BCUT2D eigenvalue weighted by Gasteiger charge is -2.06. The number of hydrogen-bond donors (Lipinski definition) is 0. The van der Waals surface area contributed by atoms with Crippen molar-refractivity contribution in [1.82, 2.24) is 0 Å². The molecule has 0 aliphatic rings. The number of para-hydroxylation sites is 1. The normalized spacial score (nSPS) is 10.6. The smallest absolute Gasteiger partial charge is 0.387 e. The van der Waals surface area contributed by atoms with Crippen molar-refractivity contribution in [3.05, 3.63) is 65.2 Å². The third-order valence-electron chi connectivity index (χ3n) is 2.72. The minimum atomic E-state index is -2.89. The first-order valence-electron chi connectivity index (χ1n) is 6.37. The molecule has 0 N–H and O–H groups in total. The summed E-state index contributed by atoms with van der Waals surface area (Å²) in [5.41, 5.74) is 1.79. The summed E-state index contributed by atoms with van der Waals surface area (Å²) in [6.07, 6.45) is 1.31. The minimum Gasteiger partial charge on any atom is -0.434 e. The van der Waals surface area contributed by atoms with Gasteiger partial charge in [-0.1, -0.05) is 29.4 Å². The molecule has 0 radical (unpaired) electrons. The maximum absolute atomic E-state index is 12.3. The molecule has 0 aromatic heterocycles. The van der Waals surface area contributed by atoms with E-state index in [0.717, 1.165) is 5.56 Å². The number of nitriles is 1. The Kier molecular flexibility index (Phi) is 5.44. The number of halogens is 2. The molecule has 0 atom stereocenters. The van der Waals surface area contributed by atoms with Crippen molar-refractivity contribution in [3.8, 4) is 11.8 Å². The van der Waals surface area contributed by atoms with Gasteiger partial charge >= 0.3 is 6.61 Å². The molecule has 0 unspecified atom stereocenters. The highest BCUT2D eigenvalue weighted by Gasteiger charge is 2.07. The maximum Gasteiger partial charge on any atom is 0.387 e. The van der Waals surface area contributed by atoms with E-state index in [1.807, 2.05) is 6.07 Å². The molecule has 0 saturated carbocycles. The average Bonchev–Trinajstić information content (AvgIpc) is 2.53. The standard InChI is InChI=1S/C16H12F2N2O2/c17-16(18)22-15-4-2-1-3-14(15)10-20-21-11-13-7-5-12(9-19)6-8-13/h1-8,10,16H,11H2/b20-10-. The molecule has 0 saturated heterocycles. The van der Waals surface area contributed by atoms with Crippen LogP contribution in [0, 0.1) is 11.3 Å². The molecule has 0 spiro atoms. The summed E-state index contributed by atoms with van der Waals surface area (Å²) in [6.45, 7) is -2.69. The van der Waals surface area contributed by atoms with E-state index in [2.05, 4.69) is 9.89 Å². The van der Waals surface area contributed by atoms with Crippen LogP contribution in [0.2, 0.25) is 0 Å². The van der Waals surface area contributed by atoms with Crippen LogP contribution >= 0.6 is 0 Å². The first kappa shape index (κ1) is 15.4. The van der Waals surface area contributed by atoms with Crippen molar-refractivity contribution < 1.29 is 18.4 Å². The first-order chi connectivity index (χ1) is 10.7. The van der Waals surface area contributed by atoms with E-state index in [1.165, 1.54) is 12.3 Å². The van der Waals surface area contributed by atoms with Crippen LogP contribution in [-0.2, 0) is 11.4 Å². The second-order valence-electron chi connectivity index (χ2n) is 4.23. The van der Waals surface area contributed by atoms with Crippen LogP contribution in [0.15, 0.2) is 53.7 Å². The second kappa shape index (κ2) is 7.74. The summed E-state index contributed by atoms with van der Waals surface area (Å²) in [5, 5.41) is 12.4.